The highest BCUT2D eigenvalue weighted by molar-refractivity contribution is 6.69. The molecule has 4 nitrogen and oxygen atoms in total. The van der Waals surface area contributed by atoms with E-state index in [0.717, 1.165) is 51.9 Å². The number of hydrogen-bond donors (Lipinski definition) is 0. The molecular weight excluding hydrogens is 272 g/mol. The van der Waals surface area contributed by atoms with Crippen molar-refractivity contribution in [2.45, 2.75) is 52.1 Å². The van der Waals surface area contributed by atoms with E-state index in [2.05, 4.69) is 27.7 Å². The van der Waals surface area contributed by atoms with Crippen molar-refractivity contribution in [2.24, 2.45) is 5.41 Å². The van der Waals surface area contributed by atoms with Gasteiger partial charge in [0.2, 0.25) is 0 Å². The number of hydrogen-bond acceptors (Lipinski definition) is 4. The van der Waals surface area contributed by atoms with Gasteiger partial charge in [0.1, 0.15) is 0 Å². The van der Waals surface area contributed by atoms with Gasteiger partial charge in [-0.25, -0.2) is 0 Å². The first-order valence-corrected chi connectivity index (χ1v) is 10.0. The molecule has 1 saturated heterocycles. The Balaban J connectivity index is 2.90. The third-order valence-electron chi connectivity index (χ3n) is 4.35. The average Bonchev–Trinajstić information content (AvgIpc) is 2.41. The van der Waals surface area contributed by atoms with Gasteiger partial charge < -0.3 is 18.3 Å². The predicted molar refractivity (Wildman–Crippen MR) is 83.3 cm³/mol. The zero-order chi connectivity index (χ0) is 15.1. The lowest BCUT2D eigenvalue weighted by molar-refractivity contribution is -0.114. The van der Waals surface area contributed by atoms with Crippen molar-refractivity contribution in [1.82, 2.24) is 0 Å². The Labute approximate surface area is 125 Å². The molecule has 0 radical (unpaired) electrons. The molecular formula is C15H32O4Si. The maximum absolute atomic E-state index is 6.25. The largest absolute Gasteiger partial charge is 0.394 e. The fourth-order valence-electron chi connectivity index (χ4n) is 3.34. The summed E-state index contributed by atoms with van der Waals surface area (Å²) in [5.74, 6) is 0. The van der Waals surface area contributed by atoms with Gasteiger partial charge >= 0.3 is 8.56 Å². The van der Waals surface area contributed by atoms with Crippen molar-refractivity contribution in [3.05, 3.63) is 0 Å². The van der Waals surface area contributed by atoms with E-state index in [4.69, 9.17) is 18.3 Å². The Kier molecular flexibility index (Phi) is 7.68. The van der Waals surface area contributed by atoms with Crippen molar-refractivity contribution in [3.63, 3.8) is 0 Å². The molecule has 20 heavy (non-hydrogen) atoms. The molecule has 0 aliphatic carbocycles. The molecule has 0 saturated carbocycles. The first-order valence-electron chi connectivity index (χ1n) is 7.93. The van der Waals surface area contributed by atoms with E-state index in [1.54, 1.807) is 7.11 Å². The summed E-state index contributed by atoms with van der Waals surface area (Å²) in [6, 6.07) is 1.00. The molecule has 0 aromatic heterocycles. The molecule has 1 rings (SSSR count). The lowest BCUT2D eigenvalue weighted by Crippen LogP contribution is -2.57. The van der Waals surface area contributed by atoms with Gasteiger partial charge in [0.15, 0.2) is 0 Å². The minimum Gasteiger partial charge on any atom is -0.394 e. The second kappa shape index (κ2) is 8.49. The van der Waals surface area contributed by atoms with Gasteiger partial charge in [-0.1, -0.05) is 13.8 Å². The summed E-state index contributed by atoms with van der Waals surface area (Å²) in [5, 5.41) is 0. The summed E-state index contributed by atoms with van der Waals surface area (Å²) >= 11 is 0. The SMILES string of the molecule is CCO[Si](CC)(OCC)C(CCCOC)C1(C)COC1. The molecule has 0 aromatic carbocycles. The third kappa shape index (κ3) is 4.04. The van der Waals surface area contributed by atoms with Gasteiger partial charge in [-0.2, -0.15) is 0 Å². The molecule has 0 amide bonds. The van der Waals surface area contributed by atoms with Gasteiger partial charge in [0.05, 0.1) is 13.2 Å². The number of methoxy groups -OCH3 is 1. The van der Waals surface area contributed by atoms with Crippen LogP contribution in [0.15, 0.2) is 0 Å². The zero-order valence-electron chi connectivity index (χ0n) is 13.9. The lowest BCUT2D eigenvalue weighted by atomic mass is 9.82. The van der Waals surface area contributed by atoms with E-state index < -0.39 is 8.56 Å². The van der Waals surface area contributed by atoms with Crippen LogP contribution in [0.2, 0.25) is 11.6 Å². The topological polar surface area (TPSA) is 36.9 Å². The molecule has 1 fully saturated rings. The van der Waals surface area contributed by atoms with Gasteiger partial charge in [-0.15, -0.1) is 0 Å². The molecule has 1 atom stereocenters. The van der Waals surface area contributed by atoms with E-state index in [1.165, 1.54) is 0 Å². The van der Waals surface area contributed by atoms with Crippen LogP contribution in [0.5, 0.6) is 0 Å². The Morgan fingerprint density at radius 1 is 1.15 bits per heavy atom. The molecule has 0 bridgehead atoms. The lowest BCUT2D eigenvalue weighted by Gasteiger charge is -2.50. The van der Waals surface area contributed by atoms with Crippen molar-refractivity contribution >= 4 is 8.56 Å². The van der Waals surface area contributed by atoms with Gasteiger partial charge in [-0.05, 0) is 32.7 Å². The van der Waals surface area contributed by atoms with Crippen LogP contribution < -0.4 is 0 Å². The number of rotatable bonds is 11. The molecule has 5 heteroatoms. The fraction of sp³-hybridized carbons (Fsp3) is 1.00. The molecule has 120 valence electrons. The molecule has 1 aliphatic rings. The van der Waals surface area contributed by atoms with Crippen LogP contribution in [0.1, 0.15) is 40.5 Å². The highest BCUT2D eigenvalue weighted by Gasteiger charge is 2.55. The molecule has 1 unspecified atom stereocenters. The van der Waals surface area contributed by atoms with E-state index in [9.17, 15) is 0 Å². The summed E-state index contributed by atoms with van der Waals surface area (Å²) in [6.45, 7) is 12.6. The van der Waals surface area contributed by atoms with Gasteiger partial charge in [0.25, 0.3) is 0 Å². The van der Waals surface area contributed by atoms with E-state index in [0.29, 0.717) is 5.54 Å². The fourth-order valence-corrected chi connectivity index (χ4v) is 7.57. The highest BCUT2D eigenvalue weighted by atomic mass is 28.4. The van der Waals surface area contributed by atoms with Crippen LogP contribution in [0.25, 0.3) is 0 Å². The smallest absolute Gasteiger partial charge is 0.341 e. The molecule has 0 aromatic rings. The van der Waals surface area contributed by atoms with Crippen molar-refractivity contribution in [1.29, 1.82) is 0 Å². The highest BCUT2D eigenvalue weighted by Crippen LogP contribution is 2.49. The van der Waals surface area contributed by atoms with E-state index in [1.807, 2.05) is 0 Å². The predicted octanol–water partition coefficient (Wildman–Crippen LogP) is 3.35. The average molecular weight is 305 g/mol. The number of ether oxygens (including phenoxy) is 2. The molecule has 0 N–H and O–H groups in total. The van der Waals surface area contributed by atoms with Gasteiger partial charge in [-0.3, -0.25) is 0 Å². The Bertz CT molecular complexity index is 263. The van der Waals surface area contributed by atoms with Crippen LogP contribution in [0.3, 0.4) is 0 Å². The molecule has 1 heterocycles. The van der Waals surface area contributed by atoms with Crippen LogP contribution in [-0.4, -0.2) is 48.7 Å². The summed E-state index contributed by atoms with van der Waals surface area (Å²) < 4.78 is 23.2. The van der Waals surface area contributed by atoms with Crippen molar-refractivity contribution < 1.29 is 18.3 Å². The second-order valence-corrected chi connectivity index (χ2v) is 9.47. The third-order valence-corrected chi connectivity index (χ3v) is 8.93. The maximum Gasteiger partial charge on any atom is 0.341 e. The van der Waals surface area contributed by atoms with E-state index >= 15 is 0 Å². The first-order chi connectivity index (χ1) is 9.58. The molecule has 0 spiro atoms. The summed E-state index contributed by atoms with van der Waals surface area (Å²) in [7, 11) is -0.427. The molecule has 1 aliphatic heterocycles. The summed E-state index contributed by atoms with van der Waals surface area (Å²) in [4.78, 5) is 0. The summed E-state index contributed by atoms with van der Waals surface area (Å²) in [5.41, 5.74) is 0.684. The minimum atomic E-state index is -2.19. The Hall–Kier alpha value is 0.0569. The van der Waals surface area contributed by atoms with Crippen molar-refractivity contribution in [2.75, 3.05) is 40.1 Å². The monoisotopic (exact) mass is 304 g/mol. The van der Waals surface area contributed by atoms with Crippen LogP contribution in [0, 0.1) is 5.41 Å². The Morgan fingerprint density at radius 2 is 1.75 bits per heavy atom. The van der Waals surface area contributed by atoms with Gasteiger partial charge in [0, 0.05) is 37.9 Å². The van der Waals surface area contributed by atoms with Crippen LogP contribution in [-0.2, 0) is 18.3 Å². The maximum atomic E-state index is 6.25. The van der Waals surface area contributed by atoms with Crippen molar-refractivity contribution in [3.8, 4) is 0 Å². The standard InChI is InChI=1S/C15H32O4Si/c1-6-18-20(8-3,19-7-2)14(10-9-11-16-5)15(4)12-17-13-15/h14H,6-13H2,1-5H3. The van der Waals surface area contributed by atoms with Crippen LogP contribution >= 0.6 is 0 Å². The summed E-state index contributed by atoms with van der Waals surface area (Å²) in [6.07, 6.45) is 2.17. The quantitative estimate of drug-likeness (QED) is 0.433. The Morgan fingerprint density at radius 3 is 2.10 bits per heavy atom. The normalized spacial score (nSPS) is 19.6. The van der Waals surface area contributed by atoms with Crippen LogP contribution in [0.4, 0.5) is 0 Å². The second-order valence-electron chi connectivity index (χ2n) is 5.87. The zero-order valence-corrected chi connectivity index (χ0v) is 14.9. The minimum absolute atomic E-state index is 0.209. The van der Waals surface area contributed by atoms with E-state index in [-0.39, 0.29) is 5.41 Å². The first kappa shape index (κ1) is 18.1.